The van der Waals surface area contributed by atoms with Crippen LogP contribution in [0.3, 0.4) is 0 Å². The summed E-state index contributed by atoms with van der Waals surface area (Å²) in [6, 6.07) is 0. The first kappa shape index (κ1) is 15.1. The second kappa shape index (κ2) is 4.97. The van der Waals surface area contributed by atoms with E-state index in [0.29, 0.717) is 6.42 Å². The molecule has 0 aromatic rings. The first-order valence-corrected chi connectivity index (χ1v) is 6.47. The molecule has 3 atom stereocenters. The summed E-state index contributed by atoms with van der Waals surface area (Å²) in [5.74, 6) is 0. The molecule has 1 aliphatic rings. The number of rotatable bonds is 2. The summed E-state index contributed by atoms with van der Waals surface area (Å²) in [4.78, 5) is 0. The van der Waals surface area contributed by atoms with Gasteiger partial charge >= 0.3 is 0 Å². The van der Waals surface area contributed by atoms with Crippen molar-refractivity contribution in [1.29, 1.82) is 0 Å². The molecule has 0 radical (unpaired) electrons. The van der Waals surface area contributed by atoms with E-state index in [9.17, 15) is 18.6 Å². The van der Waals surface area contributed by atoms with Crippen LogP contribution in [0.1, 0.15) is 19.3 Å². The minimum Gasteiger partial charge on any atom is -0.390 e. The molecule has 1 saturated carbocycles. The highest BCUT2D eigenvalue weighted by molar-refractivity contribution is 7.92. The summed E-state index contributed by atoms with van der Waals surface area (Å²) in [6.07, 6.45) is -0.0433. The third-order valence-electron chi connectivity index (χ3n) is 3.08. The fourth-order valence-corrected chi connectivity index (χ4v) is 3.16. The third kappa shape index (κ3) is 2.82. The van der Waals surface area contributed by atoms with Gasteiger partial charge in [0.25, 0.3) is 0 Å². The Hall–Kier alpha value is 0.120. The Labute approximate surface area is 96.0 Å². The first-order chi connectivity index (χ1) is 6.32. The van der Waals surface area contributed by atoms with Crippen molar-refractivity contribution >= 4 is 22.2 Å². The van der Waals surface area contributed by atoms with Crippen molar-refractivity contribution in [3.63, 3.8) is 0 Å². The Balaban J connectivity index is 0.00000196. The zero-order valence-electron chi connectivity index (χ0n) is 8.59. The fourth-order valence-electron chi connectivity index (χ4n) is 1.90. The lowest BCUT2D eigenvalue weighted by Crippen LogP contribution is -2.53. The maximum atomic E-state index is 11.5. The van der Waals surface area contributed by atoms with Crippen molar-refractivity contribution in [1.82, 2.24) is 0 Å². The van der Waals surface area contributed by atoms with E-state index in [2.05, 4.69) is 0 Å². The van der Waals surface area contributed by atoms with E-state index in [1.807, 2.05) is 0 Å². The molecule has 92 valence electrons. The van der Waals surface area contributed by atoms with Crippen LogP contribution < -0.4 is 5.73 Å². The van der Waals surface area contributed by atoms with Gasteiger partial charge in [0.05, 0.1) is 17.0 Å². The van der Waals surface area contributed by atoms with Crippen molar-refractivity contribution in [3.8, 4) is 0 Å². The molecule has 1 fully saturated rings. The second-order valence-electron chi connectivity index (χ2n) is 4.04. The van der Waals surface area contributed by atoms with Gasteiger partial charge in [-0.25, -0.2) is 8.42 Å². The Morgan fingerprint density at radius 3 is 2.27 bits per heavy atom. The lowest BCUT2D eigenvalue weighted by Gasteiger charge is -2.38. The molecule has 0 saturated heterocycles. The smallest absolute Gasteiger partial charge is 0.154 e. The summed E-state index contributed by atoms with van der Waals surface area (Å²) in [5.41, 5.74) is 5.46. The molecule has 0 heterocycles. The highest BCUT2D eigenvalue weighted by Gasteiger charge is 2.46. The molecule has 0 aromatic heterocycles. The maximum absolute atomic E-state index is 11.5. The Morgan fingerprint density at radius 2 is 1.93 bits per heavy atom. The fraction of sp³-hybridized carbons (Fsp3) is 1.00. The standard InChI is InChI=1S/C8H17NO4S.ClH/c1-14(12,13)8(5-9)3-2-6(10)7(11)4-8;/h6-7,10-11H,2-5,9H2,1H3;1H. The van der Waals surface area contributed by atoms with Crippen LogP contribution in [0.15, 0.2) is 0 Å². The summed E-state index contributed by atoms with van der Waals surface area (Å²) in [6.45, 7) is -0.00435. The molecule has 0 amide bonds. The number of aliphatic hydroxyl groups excluding tert-OH is 2. The summed E-state index contributed by atoms with van der Waals surface area (Å²) >= 11 is 0. The number of nitrogens with two attached hydrogens (primary N) is 1. The molecule has 0 aromatic carbocycles. The van der Waals surface area contributed by atoms with Crippen LogP contribution in [-0.4, -0.2) is 48.4 Å². The molecule has 0 bridgehead atoms. The number of halogens is 1. The van der Waals surface area contributed by atoms with Gasteiger partial charge < -0.3 is 15.9 Å². The molecule has 1 rings (SSSR count). The topological polar surface area (TPSA) is 101 Å². The van der Waals surface area contributed by atoms with E-state index in [-0.39, 0.29) is 31.8 Å². The normalized spacial score (nSPS) is 37.1. The van der Waals surface area contributed by atoms with Crippen LogP contribution in [0.25, 0.3) is 0 Å². The van der Waals surface area contributed by atoms with E-state index < -0.39 is 26.8 Å². The molecule has 0 spiro atoms. The average Bonchev–Trinajstić information content (AvgIpc) is 2.08. The van der Waals surface area contributed by atoms with Crippen molar-refractivity contribution in [2.75, 3.05) is 12.8 Å². The van der Waals surface area contributed by atoms with Crippen LogP contribution in [0.2, 0.25) is 0 Å². The van der Waals surface area contributed by atoms with E-state index in [4.69, 9.17) is 5.73 Å². The zero-order chi connectivity index (χ0) is 11.0. The van der Waals surface area contributed by atoms with Crippen LogP contribution in [0.5, 0.6) is 0 Å². The van der Waals surface area contributed by atoms with Crippen molar-refractivity contribution in [2.45, 2.75) is 36.2 Å². The second-order valence-corrected chi connectivity index (χ2v) is 6.45. The van der Waals surface area contributed by atoms with E-state index >= 15 is 0 Å². The Bertz CT molecular complexity index is 308. The summed E-state index contributed by atoms with van der Waals surface area (Å²) in [7, 11) is -3.29. The molecule has 0 aliphatic heterocycles. The SMILES string of the molecule is CS(=O)(=O)C1(CN)CCC(O)C(O)C1.Cl. The monoisotopic (exact) mass is 259 g/mol. The number of hydrogen-bond donors (Lipinski definition) is 3. The summed E-state index contributed by atoms with van der Waals surface area (Å²) in [5, 5.41) is 18.7. The quantitative estimate of drug-likeness (QED) is 0.594. The van der Waals surface area contributed by atoms with Crippen LogP contribution in [0, 0.1) is 0 Å². The molecule has 3 unspecified atom stereocenters. The molecule has 7 heteroatoms. The number of hydrogen-bond acceptors (Lipinski definition) is 5. The third-order valence-corrected chi connectivity index (χ3v) is 5.19. The van der Waals surface area contributed by atoms with Gasteiger partial charge in [-0.1, -0.05) is 0 Å². The Morgan fingerprint density at radius 1 is 1.40 bits per heavy atom. The van der Waals surface area contributed by atoms with Gasteiger partial charge in [0.2, 0.25) is 0 Å². The van der Waals surface area contributed by atoms with Gasteiger partial charge in [-0.05, 0) is 19.3 Å². The van der Waals surface area contributed by atoms with Crippen molar-refractivity contribution in [2.24, 2.45) is 5.73 Å². The highest BCUT2D eigenvalue weighted by atomic mass is 35.5. The predicted octanol–water partition coefficient (Wildman–Crippen LogP) is -0.944. The van der Waals surface area contributed by atoms with Crippen LogP contribution >= 0.6 is 12.4 Å². The minimum atomic E-state index is -3.29. The van der Waals surface area contributed by atoms with Crippen molar-refractivity contribution < 1.29 is 18.6 Å². The van der Waals surface area contributed by atoms with Gasteiger partial charge in [0.1, 0.15) is 0 Å². The van der Waals surface area contributed by atoms with Gasteiger partial charge in [-0.3, -0.25) is 0 Å². The molecule has 1 aliphatic carbocycles. The Kier molecular flexibility index (Phi) is 5.01. The van der Waals surface area contributed by atoms with E-state index in [1.165, 1.54) is 0 Å². The number of sulfone groups is 1. The molecule has 15 heavy (non-hydrogen) atoms. The molecular formula is C8H18ClNO4S. The van der Waals surface area contributed by atoms with E-state index in [0.717, 1.165) is 6.26 Å². The largest absolute Gasteiger partial charge is 0.390 e. The van der Waals surface area contributed by atoms with Crippen LogP contribution in [0.4, 0.5) is 0 Å². The first-order valence-electron chi connectivity index (χ1n) is 4.58. The zero-order valence-corrected chi connectivity index (χ0v) is 10.2. The maximum Gasteiger partial charge on any atom is 0.154 e. The minimum absolute atomic E-state index is 0. The lowest BCUT2D eigenvalue weighted by molar-refractivity contribution is -0.0191. The van der Waals surface area contributed by atoms with Crippen LogP contribution in [-0.2, 0) is 9.84 Å². The highest BCUT2D eigenvalue weighted by Crippen LogP contribution is 2.34. The van der Waals surface area contributed by atoms with Gasteiger partial charge in [0.15, 0.2) is 9.84 Å². The average molecular weight is 260 g/mol. The molecular weight excluding hydrogens is 242 g/mol. The number of aliphatic hydroxyl groups is 2. The van der Waals surface area contributed by atoms with Gasteiger partial charge in [-0.2, -0.15) is 0 Å². The predicted molar refractivity (Wildman–Crippen MR) is 59.7 cm³/mol. The van der Waals surface area contributed by atoms with Crippen molar-refractivity contribution in [3.05, 3.63) is 0 Å². The molecule has 5 nitrogen and oxygen atoms in total. The summed E-state index contributed by atoms with van der Waals surface area (Å²) < 4.78 is 22.0. The molecule has 4 N–H and O–H groups in total. The lowest BCUT2D eigenvalue weighted by atomic mass is 9.84. The van der Waals surface area contributed by atoms with Gasteiger partial charge in [-0.15, -0.1) is 12.4 Å². The van der Waals surface area contributed by atoms with E-state index in [1.54, 1.807) is 0 Å². The van der Waals surface area contributed by atoms with Gasteiger partial charge in [0, 0.05) is 12.8 Å².